The van der Waals surface area contributed by atoms with Crippen molar-refractivity contribution in [2.75, 3.05) is 0 Å². The normalized spacial score (nSPS) is 13.0. The lowest BCUT2D eigenvalue weighted by Crippen LogP contribution is -1.97. The lowest BCUT2D eigenvalue weighted by molar-refractivity contribution is 0.173. The number of aliphatic hydroxyl groups is 1. The fourth-order valence-electron chi connectivity index (χ4n) is 1.41. The summed E-state index contributed by atoms with van der Waals surface area (Å²) < 4.78 is 0. The third-order valence-electron chi connectivity index (χ3n) is 2.23. The van der Waals surface area contributed by atoms with Crippen LogP contribution in [0, 0.1) is 13.8 Å². The molecule has 1 rings (SSSR count). The summed E-state index contributed by atoms with van der Waals surface area (Å²) in [6, 6.07) is 3.90. The Hall–Kier alpha value is -0.530. The van der Waals surface area contributed by atoms with E-state index in [4.69, 9.17) is 11.6 Å². The van der Waals surface area contributed by atoms with Gasteiger partial charge in [-0.1, -0.05) is 30.7 Å². The first-order valence-electron chi connectivity index (χ1n) is 4.51. The van der Waals surface area contributed by atoms with Gasteiger partial charge in [-0.15, -0.1) is 0 Å². The predicted molar refractivity (Wildman–Crippen MR) is 56.2 cm³/mol. The highest BCUT2D eigenvalue weighted by Gasteiger charge is 2.08. The summed E-state index contributed by atoms with van der Waals surface area (Å²) in [6.07, 6.45) is 0.371. The third kappa shape index (κ3) is 2.23. The Morgan fingerprint density at radius 2 is 1.77 bits per heavy atom. The Balaban J connectivity index is 3.13. The van der Waals surface area contributed by atoms with Gasteiger partial charge in [-0.25, -0.2) is 0 Å². The molecular weight excluding hydrogens is 184 g/mol. The van der Waals surface area contributed by atoms with E-state index in [1.54, 1.807) is 0 Å². The standard InChI is InChI=1S/C11H15ClO/c1-4-10(13)9-5-7(2)11(12)8(3)6-9/h5-6,10,13H,4H2,1-3H3/t10-/m1/s1. The molecule has 0 aromatic heterocycles. The van der Waals surface area contributed by atoms with E-state index in [0.29, 0.717) is 0 Å². The van der Waals surface area contributed by atoms with E-state index in [1.807, 2.05) is 32.9 Å². The monoisotopic (exact) mass is 198 g/mol. The predicted octanol–water partition coefficient (Wildman–Crippen LogP) is 3.40. The second kappa shape index (κ2) is 4.12. The molecule has 0 aliphatic carbocycles. The number of hydrogen-bond acceptors (Lipinski definition) is 1. The number of benzene rings is 1. The van der Waals surface area contributed by atoms with Crippen LogP contribution in [0.15, 0.2) is 12.1 Å². The third-order valence-corrected chi connectivity index (χ3v) is 2.83. The van der Waals surface area contributed by atoms with Crippen LogP contribution in [-0.2, 0) is 0 Å². The molecule has 0 saturated heterocycles. The van der Waals surface area contributed by atoms with Gasteiger partial charge >= 0.3 is 0 Å². The number of aliphatic hydroxyl groups excluding tert-OH is 1. The second-order valence-corrected chi connectivity index (χ2v) is 3.77. The van der Waals surface area contributed by atoms with Crippen LogP contribution in [-0.4, -0.2) is 5.11 Å². The number of hydrogen-bond donors (Lipinski definition) is 1. The molecule has 0 spiro atoms. The maximum absolute atomic E-state index is 9.63. The van der Waals surface area contributed by atoms with Gasteiger partial charge in [-0.05, 0) is 37.0 Å². The minimum Gasteiger partial charge on any atom is -0.388 e. The summed E-state index contributed by atoms with van der Waals surface area (Å²) in [6.45, 7) is 5.88. The first-order valence-corrected chi connectivity index (χ1v) is 4.88. The van der Waals surface area contributed by atoms with Gasteiger partial charge in [-0.3, -0.25) is 0 Å². The molecule has 1 atom stereocenters. The van der Waals surface area contributed by atoms with E-state index >= 15 is 0 Å². The van der Waals surface area contributed by atoms with Crippen molar-refractivity contribution in [1.29, 1.82) is 0 Å². The highest BCUT2D eigenvalue weighted by atomic mass is 35.5. The van der Waals surface area contributed by atoms with E-state index in [0.717, 1.165) is 28.1 Å². The number of aryl methyl sites for hydroxylation is 2. The van der Waals surface area contributed by atoms with Crippen molar-refractivity contribution in [1.82, 2.24) is 0 Å². The lowest BCUT2D eigenvalue weighted by Gasteiger charge is -2.11. The molecule has 0 unspecified atom stereocenters. The molecular formula is C11H15ClO. The second-order valence-electron chi connectivity index (χ2n) is 3.39. The maximum atomic E-state index is 9.63. The Morgan fingerprint density at radius 1 is 1.31 bits per heavy atom. The topological polar surface area (TPSA) is 20.2 Å². The average Bonchev–Trinajstić information content (AvgIpc) is 2.12. The van der Waals surface area contributed by atoms with Gasteiger partial charge in [0.05, 0.1) is 6.10 Å². The molecule has 72 valence electrons. The number of halogens is 1. The first kappa shape index (κ1) is 10.6. The molecule has 0 fully saturated rings. The molecule has 0 heterocycles. The van der Waals surface area contributed by atoms with Crippen LogP contribution in [0.2, 0.25) is 5.02 Å². The van der Waals surface area contributed by atoms with E-state index in [-0.39, 0.29) is 6.10 Å². The zero-order valence-corrected chi connectivity index (χ0v) is 9.02. The van der Waals surface area contributed by atoms with Crippen LogP contribution in [0.5, 0.6) is 0 Å². The molecule has 0 aliphatic rings. The van der Waals surface area contributed by atoms with Crippen LogP contribution in [0.4, 0.5) is 0 Å². The molecule has 0 aliphatic heterocycles. The summed E-state index contributed by atoms with van der Waals surface area (Å²) in [7, 11) is 0. The Bertz CT molecular complexity index is 284. The molecule has 0 amide bonds. The number of rotatable bonds is 2. The quantitative estimate of drug-likeness (QED) is 0.773. The van der Waals surface area contributed by atoms with Gasteiger partial charge in [0, 0.05) is 5.02 Å². The smallest absolute Gasteiger partial charge is 0.0787 e. The van der Waals surface area contributed by atoms with E-state index < -0.39 is 0 Å². The zero-order chi connectivity index (χ0) is 10.0. The molecule has 1 aromatic carbocycles. The molecule has 0 bridgehead atoms. The van der Waals surface area contributed by atoms with Crippen LogP contribution >= 0.6 is 11.6 Å². The fraction of sp³-hybridized carbons (Fsp3) is 0.455. The Morgan fingerprint density at radius 3 is 2.15 bits per heavy atom. The van der Waals surface area contributed by atoms with Gasteiger partial charge in [0.2, 0.25) is 0 Å². The van der Waals surface area contributed by atoms with Crippen LogP contribution in [0.3, 0.4) is 0 Å². The maximum Gasteiger partial charge on any atom is 0.0787 e. The summed E-state index contributed by atoms with van der Waals surface area (Å²) in [5.41, 5.74) is 3.02. The summed E-state index contributed by atoms with van der Waals surface area (Å²) in [5.74, 6) is 0. The highest BCUT2D eigenvalue weighted by molar-refractivity contribution is 6.32. The van der Waals surface area contributed by atoms with E-state index in [1.165, 1.54) is 0 Å². The highest BCUT2D eigenvalue weighted by Crippen LogP contribution is 2.26. The molecule has 1 nitrogen and oxygen atoms in total. The van der Waals surface area contributed by atoms with Crippen molar-refractivity contribution in [3.63, 3.8) is 0 Å². The van der Waals surface area contributed by atoms with Crippen molar-refractivity contribution < 1.29 is 5.11 Å². The molecule has 1 N–H and O–H groups in total. The van der Waals surface area contributed by atoms with Gasteiger partial charge in [0.15, 0.2) is 0 Å². The summed E-state index contributed by atoms with van der Waals surface area (Å²) in [5, 5.41) is 10.4. The van der Waals surface area contributed by atoms with Gasteiger partial charge in [0.1, 0.15) is 0 Å². The minimum absolute atomic E-state index is 0.366. The SMILES string of the molecule is CC[C@@H](O)c1cc(C)c(Cl)c(C)c1. The van der Waals surface area contributed by atoms with Crippen LogP contribution in [0.25, 0.3) is 0 Å². The van der Waals surface area contributed by atoms with Gasteiger partial charge < -0.3 is 5.11 Å². The summed E-state index contributed by atoms with van der Waals surface area (Å²) in [4.78, 5) is 0. The van der Waals surface area contributed by atoms with E-state index in [9.17, 15) is 5.11 Å². The average molecular weight is 199 g/mol. The van der Waals surface area contributed by atoms with Crippen LogP contribution < -0.4 is 0 Å². The van der Waals surface area contributed by atoms with E-state index in [2.05, 4.69) is 0 Å². The molecule has 1 aromatic rings. The van der Waals surface area contributed by atoms with Crippen LogP contribution in [0.1, 0.15) is 36.1 Å². The lowest BCUT2D eigenvalue weighted by atomic mass is 10.0. The zero-order valence-electron chi connectivity index (χ0n) is 8.26. The van der Waals surface area contributed by atoms with Crippen molar-refractivity contribution in [2.24, 2.45) is 0 Å². The van der Waals surface area contributed by atoms with Gasteiger partial charge in [-0.2, -0.15) is 0 Å². The van der Waals surface area contributed by atoms with Gasteiger partial charge in [0.25, 0.3) is 0 Å². The Kier molecular flexibility index (Phi) is 3.34. The Labute approximate surface area is 84.4 Å². The minimum atomic E-state index is -0.366. The molecule has 13 heavy (non-hydrogen) atoms. The molecule has 0 saturated carbocycles. The van der Waals surface area contributed by atoms with Crippen molar-refractivity contribution in [3.05, 3.63) is 33.8 Å². The molecule has 2 heteroatoms. The first-order chi connectivity index (χ1) is 6.06. The largest absolute Gasteiger partial charge is 0.388 e. The van der Waals surface area contributed by atoms with Crippen molar-refractivity contribution >= 4 is 11.6 Å². The molecule has 0 radical (unpaired) electrons. The summed E-state index contributed by atoms with van der Waals surface area (Å²) >= 11 is 6.02. The van der Waals surface area contributed by atoms with Crippen molar-refractivity contribution in [3.8, 4) is 0 Å². The van der Waals surface area contributed by atoms with Crippen molar-refractivity contribution in [2.45, 2.75) is 33.3 Å². The fourth-order valence-corrected chi connectivity index (χ4v) is 1.52.